The molecule has 0 radical (unpaired) electrons. The molecule has 32 heavy (non-hydrogen) atoms. The molecule has 3 aliphatic rings. The molecule has 3 aliphatic heterocycles. The molecule has 4 rings (SSSR count). The monoisotopic (exact) mass is 461 g/mol. The van der Waals surface area contributed by atoms with Crippen LogP contribution in [0.1, 0.15) is 33.6 Å². The van der Waals surface area contributed by atoms with Crippen LogP contribution in [0.2, 0.25) is 0 Å². The summed E-state index contributed by atoms with van der Waals surface area (Å²) in [6, 6.07) is 6.43. The van der Waals surface area contributed by atoms with Crippen molar-refractivity contribution in [2.45, 2.75) is 55.7 Å². The average molecular weight is 462 g/mol. The van der Waals surface area contributed by atoms with Crippen LogP contribution in [0.3, 0.4) is 0 Å². The molecule has 0 saturated carbocycles. The lowest BCUT2D eigenvalue weighted by molar-refractivity contribution is -0.139. The van der Waals surface area contributed by atoms with Crippen molar-refractivity contribution in [3.8, 4) is 5.75 Å². The Morgan fingerprint density at radius 3 is 2.62 bits per heavy atom. The summed E-state index contributed by atoms with van der Waals surface area (Å²) in [5, 5.41) is 15.5. The third-order valence-electron chi connectivity index (χ3n) is 6.56. The molecule has 9 heteroatoms. The van der Waals surface area contributed by atoms with Crippen molar-refractivity contribution in [3.05, 3.63) is 24.3 Å². The van der Waals surface area contributed by atoms with E-state index in [-0.39, 0.29) is 42.2 Å². The number of nitrogens with one attached hydrogen (secondary N) is 2. The Kier molecular flexibility index (Phi) is 6.40. The number of ether oxygens (including phenoxy) is 1. The molecule has 8 nitrogen and oxygen atoms in total. The van der Waals surface area contributed by atoms with Gasteiger partial charge in [-0.3, -0.25) is 14.4 Å². The highest BCUT2D eigenvalue weighted by Crippen LogP contribution is 2.66. The van der Waals surface area contributed by atoms with Gasteiger partial charge in [0, 0.05) is 23.5 Å². The number of anilines is 1. The predicted molar refractivity (Wildman–Crippen MR) is 122 cm³/mol. The molecule has 3 amide bonds. The van der Waals surface area contributed by atoms with Crippen LogP contribution in [0.5, 0.6) is 5.75 Å². The quantitative estimate of drug-likeness (QED) is 0.543. The van der Waals surface area contributed by atoms with Crippen LogP contribution in [0.15, 0.2) is 24.3 Å². The first-order chi connectivity index (χ1) is 15.3. The maximum Gasteiger partial charge on any atom is 0.244 e. The zero-order chi connectivity index (χ0) is 23.0. The maximum absolute atomic E-state index is 13.5. The molecule has 1 aromatic carbocycles. The van der Waals surface area contributed by atoms with Gasteiger partial charge in [-0.1, -0.05) is 0 Å². The number of rotatable bonds is 8. The number of fused-ring (bicyclic) bond motifs is 1. The molecular weight excluding hydrogens is 430 g/mol. The molecule has 3 fully saturated rings. The second-order valence-electron chi connectivity index (χ2n) is 8.92. The van der Waals surface area contributed by atoms with Crippen molar-refractivity contribution < 1.29 is 24.2 Å². The van der Waals surface area contributed by atoms with Gasteiger partial charge in [0.05, 0.1) is 29.8 Å². The molecule has 174 valence electrons. The lowest BCUT2D eigenvalue weighted by Crippen LogP contribution is -2.55. The van der Waals surface area contributed by atoms with Gasteiger partial charge in [0.25, 0.3) is 0 Å². The highest BCUT2D eigenvalue weighted by atomic mass is 32.2. The lowest BCUT2D eigenvalue weighted by Gasteiger charge is -2.34. The average Bonchev–Trinajstić information content (AvgIpc) is 3.37. The molecule has 1 aromatic rings. The zero-order valence-electron chi connectivity index (χ0n) is 18.7. The Bertz CT molecular complexity index is 892. The molecule has 0 aromatic heterocycles. The summed E-state index contributed by atoms with van der Waals surface area (Å²) >= 11 is 1.62. The normalized spacial score (nSPS) is 30.5. The van der Waals surface area contributed by atoms with Gasteiger partial charge in [0.1, 0.15) is 11.8 Å². The van der Waals surface area contributed by atoms with Crippen molar-refractivity contribution in [2.75, 3.05) is 25.1 Å². The van der Waals surface area contributed by atoms with Gasteiger partial charge >= 0.3 is 0 Å². The number of amides is 3. The maximum atomic E-state index is 13.5. The third-order valence-corrected chi connectivity index (χ3v) is 8.51. The number of benzene rings is 1. The minimum atomic E-state index is -0.673. The van der Waals surface area contributed by atoms with Crippen LogP contribution >= 0.6 is 11.8 Å². The first-order valence-electron chi connectivity index (χ1n) is 11.3. The number of likely N-dealkylation sites (tertiary alicyclic amines) is 1. The lowest BCUT2D eigenvalue weighted by atomic mass is 9.70. The van der Waals surface area contributed by atoms with Crippen LogP contribution in [-0.2, 0) is 14.4 Å². The first kappa shape index (κ1) is 22.9. The van der Waals surface area contributed by atoms with Gasteiger partial charge in [-0.15, -0.1) is 11.8 Å². The van der Waals surface area contributed by atoms with Crippen molar-refractivity contribution in [3.63, 3.8) is 0 Å². The molecule has 1 spiro atoms. The summed E-state index contributed by atoms with van der Waals surface area (Å²) < 4.78 is 4.82. The van der Waals surface area contributed by atoms with E-state index < -0.39 is 22.6 Å². The Morgan fingerprint density at radius 1 is 1.28 bits per heavy atom. The topological polar surface area (TPSA) is 108 Å². The molecule has 2 bridgehead atoms. The standard InChI is InChI=1S/C23H31N3O5S/c1-4-31-15-7-5-14(6-8-15)25-20(28)17-16-9-10-23(32-16)18(17)22(30)26(11-12-27)19(23)21(29)24-13(2)3/h5-8,13,16-19,27H,4,9-12H2,1-3H3,(H,24,29)(H,25,28)/t16-,17+,18-,19?,23?/m0/s1. The van der Waals surface area contributed by atoms with E-state index in [9.17, 15) is 19.5 Å². The van der Waals surface area contributed by atoms with Gasteiger partial charge < -0.3 is 25.4 Å². The zero-order valence-corrected chi connectivity index (χ0v) is 19.5. The number of thioether (sulfide) groups is 1. The van der Waals surface area contributed by atoms with Crippen LogP contribution in [0.4, 0.5) is 5.69 Å². The van der Waals surface area contributed by atoms with E-state index in [1.54, 1.807) is 36.0 Å². The van der Waals surface area contributed by atoms with Gasteiger partial charge in [0.2, 0.25) is 17.7 Å². The van der Waals surface area contributed by atoms with Crippen LogP contribution in [0.25, 0.3) is 0 Å². The smallest absolute Gasteiger partial charge is 0.244 e. The van der Waals surface area contributed by atoms with E-state index in [4.69, 9.17) is 4.74 Å². The summed E-state index contributed by atoms with van der Waals surface area (Å²) in [7, 11) is 0. The third kappa shape index (κ3) is 3.75. The number of nitrogens with zero attached hydrogens (tertiary/aromatic N) is 1. The number of carbonyl (C=O) groups is 3. The molecule has 3 N–H and O–H groups in total. The Hall–Kier alpha value is -2.26. The molecule has 5 atom stereocenters. The minimum absolute atomic E-state index is 0.00252. The first-order valence-corrected chi connectivity index (χ1v) is 12.1. The highest BCUT2D eigenvalue weighted by Gasteiger charge is 2.73. The van der Waals surface area contributed by atoms with Crippen molar-refractivity contribution in [1.29, 1.82) is 0 Å². The number of hydrogen-bond donors (Lipinski definition) is 3. The number of β-amino-alcohol motifs (C(OH)–C–C–N with tert-alkyl or cyclic N) is 1. The van der Waals surface area contributed by atoms with E-state index in [1.807, 2.05) is 20.8 Å². The fraction of sp³-hybridized carbons (Fsp3) is 0.609. The van der Waals surface area contributed by atoms with Gasteiger partial charge in [-0.2, -0.15) is 0 Å². The van der Waals surface area contributed by atoms with Crippen LogP contribution in [0, 0.1) is 11.8 Å². The summed E-state index contributed by atoms with van der Waals surface area (Å²) in [6.07, 6.45) is 1.50. The second kappa shape index (κ2) is 8.94. The van der Waals surface area contributed by atoms with Crippen molar-refractivity contribution in [1.82, 2.24) is 10.2 Å². The number of aliphatic hydroxyl groups is 1. The van der Waals surface area contributed by atoms with Gasteiger partial charge in [-0.05, 0) is 57.9 Å². The summed E-state index contributed by atoms with van der Waals surface area (Å²) in [4.78, 5) is 41.5. The minimum Gasteiger partial charge on any atom is -0.494 e. The molecular formula is C23H31N3O5S. The number of aliphatic hydroxyl groups excluding tert-OH is 1. The Balaban J connectivity index is 1.59. The van der Waals surface area contributed by atoms with E-state index >= 15 is 0 Å². The summed E-state index contributed by atoms with van der Waals surface area (Å²) in [6.45, 7) is 6.10. The van der Waals surface area contributed by atoms with Crippen LogP contribution < -0.4 is 15.4 Å². The highest BCUT2D eigenvalue weighted by molar-refractivity contribution is 8.02. The largest absolute Gasteiger partial charge is 0.494 e. The number of carbonyl (C=O) groups excluding carboxylic acids is 3. The predicted octanol–water partition coefficient (Wildman–Crippen LogP) is 1.63. The second-order valence-corrected chi connectivity index (χ2v) is 10.5. The van der Waals surface area contributed by atoms with E-state index in [2.05, 4.69) is 10.6 Å². The fourth-order valence-corrected chi connectivity index (χ4v) is 7.71. The molecule has 0 aliphatic carbocycles. The van der Waals surface area contributed by atoms with E-state index in [1.165, 1.54) is 4.90 Å². The van der Waals surface area contributed by atoms with Gasteiger partial charge in [0.15, 0.2) is 0 Å². The van der Waals surface area contributed by atoms with E-state index in [0.717, 1.165) is 12.2 Å². The SMILES string of the molecule is CCOc1ccc(NC(=O)[C@@H]2[C@@H]3CCC4(S3)C(C(=O)NC(C)C)N(CCO)C(=O)[C@H]24)cc1. The van der Waals surface area contributed by atoms with Crippen molar-refractivity contribution in [2.24, 2.45) is 11.8 Å². The molecule has 3 saturated heterocycles. The Labute approximate surface area is 192 Å². The molecule has 2 unspecified atom stereocenters. The Morgan fingerprint density at radius 2 is 2.00 bits per heavy atom. The van der Waals surface area contributed by atoms with E-state index in [0.29, 0.717) is 18.7 Å². The summed E-state index contributed by atoms with van der Waals surface area (Å²) in [5.74, 6) is -0.950. The van der Waals surface area contributed by atoms with Crippen LogP contribution in [-0.4, -0.2) is 69.6 Å². The fourth-order valence-electron chi connectivity index (χ4n) is 5.49. The van der Waals surface area contributed by atoms with Gasteiger partial charge in [-0.25, -0.2) is 0 Å². The number of hydrogen-bond acceptors (Lipinski definition) is 6. The summed E-state index contributed by atoms with van der Waals surface area (Å²) in [5.41, 5.74) is 0.645. The van der Waals surface area contributed by atoms with Crippen molar-refractivity contribution >= 4 is 35.2 Å². The molecule has 3 heterocycles.